The van der Waals surface area contributed by atoms with E-state index in [1.165, 1.54) is 18.3 Å². The van der Waals surface area contributed by atoms with Crippen LogP contribution in [0.3, 0.4) is 0 Å². The standard InChI is InChI=1S/C22H22ClFN2O4/c1-2-13-9-18(23)20(30-8-7-27)11-19(13)26-22(29)17-12-25-21(28)10-16(17)14-3-5-15(24)6-4-14/h3-6,9,11-12,16,27H,2,7-8,10H2,1H3,(H,25,28)(H,26,29). The van der Waals surface area contributed by atoms with Gasteiger partial charge in [-0.15, -0.1) is 0 Å². The molecule has 3 N–H and O–H groups in total. The minimum absolute atomic E-state index is 0.0718. The lowest BCUT2D eigenvalue weighted by atomic mass is 9.86. The van der Waals surface area contributed by atoms with Crippen molar-refractivity contribution in [3.63, 3.8) is 0 Å². The number of carbonyl (C=O) groups excluding carboxylic acids is 2. The van der Waals surface area contributed by atoms with Crippen molar-refractivity contribution in [2.24, 2.45) is 0 Å². The Bertz CT molecular complexity index is 976. The number of aryl methyl sites for hydroxylation is 1. The number of nitrogens with one attached hydrogen (secondary N) is 2. The molecule has 1 unspecified atom stereocenters. The number of aliphatic hydroxyl groups is 1. The maximum atomic E-state index is 13.3. The Morgan fingerprint density at radius 1 is 1.33 bits per heavy atom. The van der Waals surface area contributed by atoms with Crippen molar-refractivity contribution in [3.05, 3.63) is 70.1 Å². The molecule has 2 amide bonds. The normalized spacial score (nSPS) is 15.9. The van der Waals surface area contributed by atoms with Gasteiger partial charge in [0.2, 0.25) is 5.91 Å². The highest BCUT2D eigenvalue weighted by molar-refractivity contribution is 6.32. The summed E-state index contributed by atoms with van der Waals surface area (Å²) >= 11 is 6.22. The first-order chi connectivity index (χ1) is 14.4. The highest BCUT2D eigenvalue weighted by Gasteiger charge is 2.29. The fourth-order valence-electron chi connectivity index (χ4n) is 3.29. The van der Waals surface area contributed by atoms with Gasteiger partial charge in [0.15, 0.2) is 0 Å². The topological polar surface area (TPSA) is 87.7 Å². The van der Waals surface area contributed by atoms with Crippen LogP contribution in [0.25, 0.3) is 0 Å². The number of rotatable bonds is 7. The summed E-state index contributed by atoms with van der Waals surface area (Å²) in [6.45, 7) is 1.83. The van der Waals surface area contributed by atoms with E-state index in [0.717, 1.165) is 5.56 Å². The SMILES string of the molecule is CCc1cc(Cl)c(OCCO)cc1NC(=O)C1=CNC(=O)CC1c1ccc(F)cc1. The van der Waals surface area contributed by atoms with Crippen LogP contribution < -0.4 is 15.4 Å². The molecule has 3 rings (SSSR count). The summed E-state index contributed by atoms with van der Waals surface area (Å²) in [7, 11) is 0. The Morgan fingerprint density at radius 2 is 2.07 bits per heavy atom. The van der Waals surface area contributed by atoms with Gasteiger partial charge < -0.3 is 20.5 Å². The van der Waals surface area contributed by atoms with E-state index in [4.69, 9.17) is 21.4 Å². The number of halogens is 2. The molecule has 0 saturated heterocycles. The average molecular weight is 433 g/mol. The van der Waals surface area contributed by atoms with E-state index in [2.05, 4.69) is 10.6 Å². The maximum Gasteiger partial charge on any atom is 0.253 e. The van der Waals surface area contributed by atoms with Crippen LogP contribution in [0.5, 0.6) is 5.75 Å². The Labute approximate surface area is 178 Å². The second-order valence-electron chi connectivity index (χ2n) is 6.79. The van der Waals surface area contributed by atoms with Crippen LogP contribution in [-0.2, 0) is 16.0 Å². The fraction of sp³-hybridized carbons (Fsp3) is 0.273. The molecule has 30 heavy (non-hydrogen) atoms. The predicted octanol–water partition coefficient (Wildman–Crippen LogP) is 3.54. The van der Waals surface area contributed by atoms with Crippen LogP contribution >= 0.6 is 11.6 Å². The molecule has 2 aromatic rings. The van der Waals surface area contributed by atoms with Crippen molar-refractivity contribution in [3.8, 4) is 5.75 Å². The number of aliphatic hydroxyl groups excluding tert-OH is 1. The molecular weight excluding hydrogens is 411 g/mol. The first kappa shape index (κ1) is 21.8. The van der Waals surface area contributed by atoms with E-state index in [9.17, 15) is 14.0 Å². The number of ether oxygens (including phenoxy) is 1. The zero-order valence-corrected chi connectivity index (χ0v) is 17.1. The molecule has 0 radical (unpaired) electrons. The summed E-state index contributed by atoms with van der Waals surface area (Å²) in [6.07, 6.45) is 2.09. The number of benzene rings is 2. The summed E-state index contributed by atoms with van der Waals surface area (Å²) in [5, 5.41) is 14.8. The van der Waals surface area contributed by atoms with E-state index in [1.807, 2.05) is 6.92 Å². The molecule has 1 atom stereocenters. The summed E-state index contributed by atoms with van der Waals surface area (Å²) in [5.41, 5.74) is 2.36. The molecule has 1 aliphatic rings. The van der Waals surface area contributed by atoms with Gasteiger partial charge in [-0.25, -0.2) is 4.39 Å². The Kier molecular flexibility index (Phi) is 7.07. The second kappa shape index (κ2) is 9.73. The molecule has 2 aromatic carbocycles. The molecular formula is C22H22ClFN2O4. The van der Waals surface area contributed by atoms with E-state index < -0.39 is 17.6 Å². The van der Waals surface area contributed by atoms with Crippen LogP contribution in [0.4, 0.5) is 10.1 Å². The van der Waals surface area contributed by atoms with Crippen molar-refractivity contribution in [1.29, 1.82) is 0 Å². The van der Waals surface area contributed by atoms with Crippen molar-refractivity contribution < 1.29 is 23.8 Å². The first-order valence-corrected chi connectivity index (χ1v) is 9.93. The first-order valence-electron chi connectivity index (χ1n) is 9.55. The third kappa shape index (κ3) is 4.98. The van der Waals surface area contributed by atoms with Gasteiger partial charge in [-0.3, -0.25) is 9.59 Å². The lowest BCUT2D eigenvalue weighted by molar-refractivity contribution is -0.121. The minimum atomic E-state index is -0.498. The smallest absolute Gasteiger partial charge is 0.253 e. The Hall–Kier alpha value is -2.90. The third-order valence-electron chi connectivity index (χ3n) is 4.82. The van der Waals surface area contributed by atoms with Crippen LogP contribution in [0.2, 0.25) is 5.02 Å². The molecule has 0 aliphatic carbocycles. The van der Waals surface area contributed by atoms with Gasteiger partial charge >= 0.3 is 0 Å². The molecule has 0 aromatic heterocycles. The van der Waals surface area contributed by atoms with Crippen LogP contribution in [0.15, 0.2) is 48.2 Å². The van der Waals surface area contributed by atoms with E-state index in [0.29, 0.717) is 34.0 Å². The van der Waals surface area contributed by atoms with E-state index in [-0.39, 0.29) is 25.5 Å². The van der Waals surface area contributed by atoms with Gasteiger partial charge in [0, 0.05) is 35.9 Å². The van der Waals surface area contributed by atoms with Gasteiger partial charge in [0.25, 0.3) is 5.91 Å². The monoisotopic (exact) mass is 432 g/mol. The van der Waals surface area contributed by atoms with E-state index >= 15 is 0 Å². The molecule has 1 aliphatic heterocycles. The summed E-state index contributed by atoms with van der Waals surface area (Å²) in [4.78, 5) is 25.0. The predicted molar refractivity (Wildman–Crippen MR) is 112 cm³/mol. The summed E-state index contributed by atoms with van der Waals surface area (Å²) in [6, 6.07) is 9.07. The van der Waals surface area contributed by atoms with Gasteiger partial charge in [-0.05, 0) is 35.7 Å². The van der Waals surface area contributed by atoms with Crippen LogP contribution in [0.1, 0.15) is 30.4 Å². The van der Waals surface area contributed by atoms with E-state index in [1.54, 1.807) is 24.3 Å². The molecule has 0 fully saturated rings. The van der Waals surface area contributed by atoms with Gasteiger partial charge in [-0.2, -0.15) is 0 Å². The quantitative estimate of drug-likeness (QED) is 0.624. The zero-order chi connectivity index (χ0) is 21.7. The Balaban J connectivity index is 1.89. The molecule has 0 bridgehead atoms. The fourth-order valence-corrected chi connectivity index (χ4v) is 3.53. The second-order valence-corrected chi connectivity index (χ2v) is 7.20. The van der Waals surface area contributed by atoms with Crippen LogP contribution in [0, 0.1) is 5.82 Å². The minimum Gasteiger partial charge on any atom is -0.490 e. The zero-order valence-electron chi connectivity index (χ0n) is 16.4. The van der Waals surface area contributed by atoms with Gasteiger partial charge in [0.05, 0.1) is 11.6 Å². The van der Waals surface area contributed by atoms with Crippen molar-refractivity contribution in [1.82, 2.24) is 5.32 Å². The highest BCUT2D eigenvalue weighted by Crippen LogP contribution is 2.34. The molecule has 0 spiro atoms. The third-order valence-corrected chi connectivity index (χ3v) is 5.12. The lowest BCUT2D eigenvalue weighted by Crippen LogP contribution is -2.32. The number of carbonyl (C=O) groups is 2. The number of hydrogen-bond donors (Lipinski definition) is 3. The van der Waals surface area contributed by atoms with Crippen molar-refractivity contribution in [2.75, 3.05) is 18.5 Å². The molecule has 158 valence electrons. The lowest BCUT2D eigenvalue weighted by Gasteiger charge is -2.24. The summed E-state index contributed by atoms with van der Waals surface area (Å²) < 4.78 is 18.7. The molecule has 6 nitrogen and oxygen atoms in total. The number of anilines is 1. The molecule has 1 heterocycles. The number of hydrogen-bond acceptors (Lipinski definition) is 4. The van der Waals surface area contributed by atoms with Crippen LogP contribution in [-0.4, -0.2) is 30.1 Å². The number of amides is 2. The average Bonchev–Trinajstić information content (AvgIpc) is 2.74. The van der Waals surface area contributed by atoms with Gasteiger partial charge in [0.1, 0.15) is 18.2 Å². The molecule has 8 heteroatoms. The van der Waals surface area contributed by atoms with Gasteiger partial charge in [-0.1, -0.05) is 30.7 Å². The largest absolute Gasteiger partial charge is 0.490 e. The molecule has 0 saturated carbocycles. The highest BCUT2D eigenvalue weighted by atomic mass is 35.5. The summed E-state index contributed by atoms with van der Waals surface area (Å²) in [5.74, 6) is -1.16. The van der Waals surface area contributed by atoms with Crippen molar-refractivity contribution in [2.45, 2.75) is 25.7 Å². The maximum absolute atomic E-state index is 13.3. The van der Waals surface area contributed by atoms with Crippen molar-refractivity contribution >= 4 is 29.1 Å². The Morgan fingerprint density at radius 3 is 2.73 bits per heavy atom.